The molecular formula is C20H26Cl2Pd. The van der Waals surface area contributed by atoms with Crippen molar-refractivity contribution in [1.29, 1.82) is 0 Å². The molecule has 0 unspecified atom stereocenters. The van der Waals surface area contributed by atoms with Gasteiger partial charge in [0.05, 0.1) is 0 Å². The van der Waals surface area contributed by atoms with E-state index in [0.29, 0.717) is 0 Å². The first-order valence-electron chi connectivity index (χ1n) is 7.70. The zero-order valence-electron chi connectivity index (χ0n) is 14.7. The molecule has 0 bridgehead atoms. The van der Waals surface area contributed by atoms with Gasteiger partial charge in [0.15, 0.2) is 0 Å². The van der Waals surface area contributed by atoms with Crippen molar-refractivity contribution >= 4 is 27.1 Å². The van der Waals surface area contributed by atoms with Crippen LogP contribution in [0.25, 0.3) is 0 Å². The molecule has 0 fully saturated rings. The van der Waals surface area contributed by atoms with Crippen molar-refractivity contribution in [2.75, 3.05) is 0 Å². The van der Waals surface area contributed by atoms with E-state index in [0.717, 1.165) is 8.07 Å². The van der Waals surface area contributed by atoms with Gasteiger partial charge in [0, 0.05) is 0 Å². The average Bonchev–Trinajstić information content (AvgIpc) is 2.46. The molecule has 0 N–H and O–H groups in total. The van der Waals surface area contributed by atoms with E-state index in [1.165, 1.54) is 11.1 Å². The van der Waals surface area contributed by atoms with Crippen LogP contribution >= 0.6 is 19.1 Å². The van der Waals surface area contributed by atoms with Gasteiger partial charge in [0.25, 0.3) is 0 Å². The Kier molecular flexibility index (Phi) is 5.40. The van der Waals surface area contributed by atoms with Crippen LogP contribution in [0.2, 0.25) is 0 Å². The summed E-state index contributed by atoms with van der Waals surface area (Å²) in [5, 5.41) is 0. The Morgan fingerprint density at radius 3 is 1.30 bits per heavy atom. The van der Waals surface area contributed by atoms with Gasteiger partial charge in [0.1, 0.15) is 0 Å². The fourth-order valence-corrected chi connectivity index (χ4v) is 6.51. The molecule has 0 atom stereocenters. The maximum atomic E-state index is 6.95. The fraction of sp³-hybridized carbons (Fsp3) is 0.400. The first-order chi connectivity index (χ1) is 10.4. The summed E-state index contributed by atoms with van der Waals surface area (Å²) in [7, 11) is 13.9. The molecule has 0 saturated carbocycles. The molecule has 23 heavy (non-hydrogen) atoms. The molecule has 3 heteroatoms. The van der Waals surface area contributed by atoms with Crippen LogP contribution in [-0.4, -0.2) is 0 Å². The van der Waals surface area contributed by atoms with Crippen LogP contribution in [0.3, 0.4) is 0 Å². The van der Waals surface area contributed by atoms with Crippen molar-refractivity contribution in [3.05, 3.63) is 59.7 Å². The van der Waals surface area contributed by atoms with Gasteiger partial charge in [-0.15, -0.1) is 0 Å². The molecule has 0 amide bonds. The zero-order valence-corrected chi connectivity index (χ0v) is 17.8. The third kappa shape index (κ3) is 4.40. The van der Waals surface area contributed by atoms with Gasteiger partial charge in [0.2, 0.25) is 0 Å². The summed E-state index contributed by atoms with van der Waals surface area (Å²) in [5.41, 5.74) is 2.71. The summed E-state index contributed by atoms with van der Waals surface area (Å²) in [6.07, 6.45) is 0. The van der Waals surface area contributed by atoms with Crippen LogP contribution in [-0.2, 0) is 24.3 Å². The van der Waals surface area contributed by atoms with E-state index >= 15 is 0 Å². The molecule has 0 saturated heterocycles. The minimum atomic E-state index is -2.87. The van der Waals surface area contributed by atoms with Gasteiger partial charge in [-0.25, -0.2) is 0 Å². The summed E-state index contributed by atoms with van der Waals surface area (Å²) in [4.78, 5) is 0. The van der Waals surface area contributed by atoms with Gasteiger partial charge in [-0.1, -0.05) is 0 Å². The first kappa shape index (κ1) is 19.0. The number of rotatable bonds is 2. The van der Waals surface area contributed by atoms with Crippen molar-refractivity contribution in [3.8, 4) is 0 Å². The topological polar surface area (TPSA) is 0 Å². The predicted octanol–water partition coefficient (Wildman–Crippen LogP) is 5.69. The third-order valence-corrected chi connectivity index (χ3v) is 10.3. The Bertz CT molecular complexity index is 632. The van der Waals surface area contributed by atoms with Crippen LogP contribution in [0.5, 0.6) is 0 Å². The summed E-state index contributed by atoms with van der Waals surface area (Å²) in [6.45, 7) is 13.2. The second-order valence-electron chi connectivity index (χ2n) is 7.81. The predicted molar refractivity (Wildman–Crippen MR) is 101 cm³/mol. The molecule has 0 spiro atoms. The normalized spacial score (nSPS) is 13.9. The summed E-state index contributed by atoms with van der Waals surface area (Å²) in [6, 6.07) is 16.9. The van der Waals surface area contributed by atoms with E-state index in [2.05, 4.69) is 90.1 Å². The SMILES string of the molecule is CC(C)(C)c1ccc[c]([Pd]([Cl])([Cl])[c]2cccc(C(C)(C)C)c2)c1. The van der Waals surface area contributed by atoms with Crippen LogP contribution in [0, 0.1) is 0 Å². The maximum absolute atomic E-state index is 6.95. The van der Waals surface area contributed by atoms with Gasteiger partial charge in [-0.05, 0) is 0 Å². The van der Waals surface area contributed by atoms with Crippen LogP contribution < -0.4 is 8.07 Å². The van der Waals surface area contributed by atoms with E-state index in [4.69, 9.17) is 19.1 Å². The third-order valence-electron chi connectivity index (χ3n) is 3.80. The Hall–Kier alpha value is -0.318. The van der Waals surface area contributed by atoms with E-state index in [9.17, 15) is 0 Å². The molecule has 0 aliphatic heterocycles. The number of hydrogen-bond acceptors (Lipinski definition) is 0. The van der Waals surface area contributed by atoms with Crippen LogP contribution in [0.4, 0.5) is 0 Å². The van der Waals surface area contributed by atoms with Gasteiger partial charge in [-0.3, -0.25) is 0 Å². The standard InChI is InChI=1S/2C10H13.2ClH.Pd/c2*1-10(2,3)9-7-5-4-6-8-9;;;/h2*4-5,7-8H,1-3H3;2*1H;/q;;;;+2/p-2. The van der Waals surface area contributed by atoms with Crippen molar-refractivity contribution in [2.24, 2.45) is 0 Å². The fourth-order valence-electron chi connectivity index (χ4n) is 2.23. The summed E-state index contributed by atoms with van der Waals surface area (Å²) < 4.78 is 2.13. The van der Waals surface area contributed by atoms with Gasteiger partial charge >= 0.3 is 153 Å². The Balaban J connectivity index is 2.51. The molecule has 2 aromatic rings. The van der Waals surface area contributed by atoms with Gasteiger partial charge in [-0.2, -0.15) is 0 Å². The zero-order chi connectivity index (χ0) is 17.5. The van der Waals surface area contributed by atoms with Crippen LogP contribution in [0.1, 0.15) is 52.7 Å². The Morgan fingerprint density at radius 2 is 1.00 bits per heavy atom. The average molecular weight is 444 g/mol. The van der Waals surface area contributed by atoms with Crippen molar-refractivity contribution in [2.45, 2.75) is 52.4 Å². The molecule has 2 aromatic carbocycles. The van der Waals surface area contributed by atoms with Crippen molar-refractivity contribution in [3.63, 3.8) is 0 Å². The molecule has 0 nitrogen and oxygen atoms in total. The van der Waals surface area contributed by atoms with E-state index < -0.39 is 13.5 Å². The Labute approximate surface area is 152 Å². The number of benzene rings is 2. The van der Waals surface area contributed by atoms with Crippen LogP contribution in [0.15, 0.2) is 48.5 Å². The molecule has 0 radical (unpaired) electrons. The first-order valence-corrected chi connectivity index (χ1v) is 13.3. The molecule has 0 aromatic heterocycles. The monoisotopic (exact) mass is 442 g/mol. The number of hydrogen-bond donors (Lipinski definition) is 0. The molecule has 0 aliphatic rings. The van der Waals surface area contributed by atoms with E-state index in [-0.39, 0.29) is 10.8 Å². The minimum absolute atomic E-state index is 0.0866. The second kappa shape index (κ2) is 6.53. The van der Waals surface area contributed by atoms with Crippen molar-refractivity contribution < 1.29 is 13.5 Å². The molecule has 0 aliphatic carbocycles. The molecular weight excluding hydrogens is 418 g/mol. The van der Waals surface area contributed by atoms with Crippen molar-refractivity contribution in [1.82, 2.24) is 0 Å². The summed E-state index contributed by atoms with van der Waals surface area (Å²) >= 11 is -2.87. The summed E-state index contributed by atoms with van der Waals surface area (Å²) in [5.74, 6) is 0. The number of halogens is 2. The molecule has 2 rings (SSSR count). The molecule has 0 heterocycles. The molecule has 130 valence electrons. The van der Waals surface area contributed by atoms with E-state index in [1.807, 2.05) is 0 Å². The van der Waals surface area contributed by atoms with E-state index in [1.54, 1.807) is 0 Å². The van der Waals surface area contributed by atoms with Gasteiger partial charge < -0.3 is 0 Å². The Morgan fingerprint density at radius 1 is 0.652 bits per heavy atom. The quantitative estimate of drug-likeness (QED) is 0.523. The second-order valence-corrected chi connectivity index (χ2v) is 16.4.